The fourth-order valence-electron chi connectivity index (χ4n) is 3.67. The Morgan fingerprint density at radius 1 is 1.19 bits per heavy atom. The summed E-state index contributed by atoms with van der Waals surface area (Å²) in [7, 11) is 1.00. The van der Waals surface area contributed by atoms with Gasteiger partial charge in [-0.2, -0.15) is 13.2 Å². The second kappa shape index (κ2) is 11.3. The van der Waals surface area contributed by atoms with Crippen LogP contribution in [0.1, 0.15) is 27.9 Å². The van der Waals surface area contributed by atoms with E-state index in [0.717, 1.165) is 41.3 Å². The van der Waals surface area contributed by atoms with E-state index >= 15 is 0 Å². The maximum atomic E-state index is 13.0. The monoisotopic (exact) mass is 523 g/mol. The number of benzene rings is 2. The van der Waals surface area contributed by atoms with Crippen molar-refractivity contribution in [1.82, 2.24) is 0 Å². The van der Waals surface area contributed by atoms with E-state index < -0.39 is 54.5 Å². The summed E-state index contributed by atoms with van der Waals surface area (Å²) in [6.45, 7) is -0.630. The first-order chi connectivity index (χ1) is 17.4. The molecule has 6 N–H and O–H groups in total. The lowest BCUT2D eigenvalue weighted by molar-refractivity contribution is -0.129. The van der Waals surface area contributed by atoms with Crippen LogP contribution in [0.2, 0.25) is 0 Å². The van der Waals surface area contributed by atoms with Crippen LogP contribution in [0.4, 0.5) is 30.2 Å². The van der Waals surface area contributed by atoms with Gasteiger partial charge in [0.05, 0.1) is 37.9 Å². The molecule has 1 atom stereocenters. The molecule has 2 aromatic carbocycles. The van der Waals surface area contributed by atoms with Crippen LogP contribution in [0.25, 0.3) is 0 Å². The molecular weight excluding hydrogens is 499 g/mol. The zero-order valence-electron chi connectivity index (χ0n) is 19.5. The molecule has 0 saturated carbocycles. The van der Waals surface area contributed by atoms with Crippen molar-refractivity contribution in [3.8, 4) is 0 Å². The highest BCUT2D eigenvalue weighted by atomic mass is 19.4. The van der Waals surface area contributed by atoms with E-state index in [0.29, 0.717) is 18.1 Å². The maximum absolute atomic E-state index is 13.0. The van der Waals surface area contributed by atoms with Gasteiger partial charge in [0.2, 0.25) is 5.91 Å². The van der Waals surface area contributed by atoms with Crippen LogP contribution in [0.15, 0.2) is 41.4 Å². The van der Waals surface area contributed by atoms with Gasteiger partial charge in [-0.15, -0.1) is 0 Å². The number of hydrogen-bond donors (Lipinski definition) is 5. The van der Waals surface area contributed by atoms with Crippen molar-refractivity contribution in [2.45, 2.75) is 25.4 Å². The van der Waals surface area contributed by atoms with Gasteiger partial charge >= 0.3 is 12.3 Å². The van der Waals surface area contributed by atoms with Crippen molar-refractivity contribution in [1.29, 1.82) is 0 Å². The minimum atomic E-state index is -4.79. The molecule has 0 spiro atoms. The number of aliphatic hydroxyl groups excluding tert-OH is 2. The Hall–Kier alpha value is -4.17. The number of halogens is 3. The SMILES string of the molecule is COC(=O)c1cc(NC(F)(F)F)ccc1N(CCO)C(=O)CC(O)C(=O)Nc1ccc2c(c1)CN=C2N. The number of alkyl halides is 3. The molecule has 14 heteroatoms. The Kier molecular flexibility index (Phi) is 8.35. The number of nitrogens with one attached hydrogen (secondary N) is 2. The maximum Gasteiger partial charge on any atom is 0.482 e. The number of esters is 1. The number of aliphatic hydroxyl groups is 2. The average Bonchev–Trinajstić information content (AvgIpc) is 3.20. The Morgan fingerprint density at radius 2 is 1.89 bits per heavy atom. The lowest BCUT2D eigenvalue weighted by atomic mass is 10.1. The Bertz CT molecular complexity index is 1230. The van der Waals surface area contributed by atoms with Crippen LogP contribution >= 0.6 is 0 Å². The lowest BCUT2D eigenvalue weighted by Crippen LogP contribution is -2.39. The van der Waals surface area contributed by atoms with Crippen molar-refractivity contribution >= 4 is 40.7 Å². The quantitative estimate of drug-likeness (QED) is 0.243. The standard InChI is InChI=1S/C23H24F3N5O6/c1-37-22(36)16-9-14(30-23(24,25)26)3-5-17(16)31(6-7-32)19(34)10-18(33)21(35)29-13-2-4-15-12(8-13)11-28-20(15)27/h2-5,8-9,18,30,32-33H,6-7,10-11H2,1H3,(H2,27,28)(H,29,35). The van der Waals surface area contributed by atoms with Crippen LogP contribution in [0, 0.1) is 0 Å². The number of anilines is 3. The predicted molar refractivity (Wildman–Crippen MR) is 127 cm³/mol. The summed E-state index contributed by atoms with van der Waals surface area (Å²) in [5.74, 6) is -2.46. The first-order valence-electron chi connectivity index (χ1n) is 10.8. The molecule has 0 fully saturated rings. The summed E-state index contributed by atoms with van der Waals surface area (Å²) in [5, 5.41) is 23.5. The largest absolute Gasteiger partial charge is 0.482 e. The molecule has 0 aromatic heterocycles. The van der Waals surface area contributed by atoms with E-state index in [2.05, 4.69) is 15.0 Å². The van der Waals surface area contributed by atoms with Crippen molar-refractivity contribution in [2.75, 3.05) is 35.8 Å². The summed E-state index contributed by atoms with van der Waals surface area (Å²) in [6, 6.07) is 7.69. The molecule has 1 unspecified atom stereocenters. The van der Waals surface area contributed by atoms with Gasteiger partial charge < -0.3 is 30.9 Å². The number of fused-ring (bicyclic) bond motifs is 1. The van der Waals surface area contributed by atoms with Crippen LogP contribution in [-0.2, 0) is 20.9 Å². The minimum Gasteiger partial charge on any atom is -0.465 e. The number of hydrogen-bond acceptors (Lipinski definition) is 9. The number of nitrogens with zero attached hydrogens (tertiary/aromatic N) is 2. The first kappa shape index (κ1) is 27.4. The van der Waals surface area contributed by atoms with E-state index in [1.165, 1.54) is 5.32 Å². The molecule has 1 aliphatic rings. The van der Waals surface area contributed by atoms with Crippen LogP contribution in [0.3, 0.4) is 0 Å². The minimum absolute atomic E-state index is 0.178. The normalized spacial score (nSPS) is 13.3. The number of amidine groups is 1. The Balaban J connectivity index is 1.77. The van der Waals surface area contributed by atoms with Gasteiger partial charge in [-0.3, -0.25) is 19.9 Å². The zero-order valence-corrected chi connectivity index (χ0v) is 19.5. The molecule has 3 rings (SSSR count). The fraction of sp³-hybridized carbons (Fsp3) is 0.304. The van der Waals surface area contributed by atoms with Crippen molar-refractivity contribution < 1.29 is 42.5 Å². The van der Waals surface area contributed by atoms with E-state index in [1.54, 1.807) is 18.2 Å². The summed E-state index contributed by atoms with van der Waals surface area (Å²) >= 11 is 0. The van der Waals surface area contributed by atoms with E-state index in [9.17, 15) is 37.8 Å². The molecular formula is C23H24F3N5O6. The Morgan fingerprint density at radius 3 is 2.54 bits per heavy atom. The number of ether oxygens (including phenoxy) is 1. The Labute approximate surface area is 208 Å². The van der Waals surface area contributed by atoms with E-state index in [-0.39, 0.29) is 12.2 Å². The summed E-state index contributed by atoms with van der Waals surface area (Å²) in [5.41, 5.74) is 6.52. The smallest absolute Gasteiger partial charge is 0.465 e. The van der Waals surface area contributed by atoms with E-state index in [1.807, 2.05) is 0 Å². The molecule has 0 aliphatic carbocycles. The number of nitrogens with two attached hydrogens (primary N) is 1. The van der Waals surface area contributed by atoms with Crippen LogP contribution < -0.4 is 21.3 Å². The van der Waals surface area contributed by atoms with Crippen LogP contribution in [-0.4, -0.2) is 66.5 Å². The lowest BCUT2D eigenvalue weighted by Gasteiger charge is -2.25. The number of methoxy groups -OCH3 is 1. The zero-order chi connectivity index (χ0) is 27.3. The van der Waals surface area contributed by atoms with Gasteiger partial charge in [-0.1, -0.05) is 0 Å². The highest BCUT2D eigenvalue weighted by Gasteiger charge is 2.30. The first-order valence-corrected chi connectivity index (χ1v) is 10.8. The second-order valence-corrected chi connectivity index (χ2v) is 7.90. The molecule has 1 heterocycles. The third-order valence-electron chi connectivity index (χ3n) is 5.34. The number of carbonyl (C=O) groups is 3. The number of amides is 2. The van der Waals surface area contributed by atoms with Gasteiger partial charge in [0.25, 0.3) is 5.91 Å². The number of carbonyl (C=O) groups excluding carboxylic acids is 3. The topological polar surface area (TPSA) is 167 Å². The third-order valence-corrected chi connectivity index (χ3v) is 5.34. The molecule has 0 saturated heterocycles. The van der Waals surface area contributed by atoms with Gasteiger partial charge in [0.15, 0.2) is 0 Å². The van der Waals surface area contributed by atoms with Crippen molar-refractivity contribution in [2.24, 2.45) is 10.7 Å². The number of rotatable bonds is 9. The molecule has 0 bridgehead atoms. The molecule has 1 aliphatic heterocycles. The van der Waals surface area contributed by atoms with Crippen molar-refractivity contribution in [3.63, 3.8) is 0 Å². The highest BCUT2D eigenvalue weighted by molar-refractivity contribution is 6.06. The highest BCUT2D eigenvalue weighted by Crippen LogP contribution is 2.29. The van der Waals surface area contributed by atoms with Gasteiger partial charge in [-0.05, 0) is 42.0 Å². The summed E-state index contributed by atoms with van der Waals surface area (Å²) < 4.78 is 42.8. The summed E-state index contributed by atoms with van der Waals surface area (Å²) in [4.78, 5) is 42.7. The predicted octanol–water partition coefficient (Wildman–Crippen LogP) is 1.34. The molecule has 198 valence electrons. The molecule has 37 heavy (non-hydrogen) atoms. The van der Waals surface area contributed by atoms with E-state index in [4.69, 9.17) is 5.73 Å². The second-order valence-electron chi connectivity index (χ2n) is 7.90. The summed E-state index contributed by atoms with van der Waals surface area (Å²) in [6.07, 6.45) is -7.36. The third kappa shape index (κ3) is 6.74. The van der Waals surface area contributed by atoms with Crippen molar-refractivity contribution in [3.05, 3.63) is 53.1 Å². The molecule has 2 amide bonds. The molecule has 2 aromatic rings. The van der Waals surface area contributed by atoms with Gasteiger partial charge in [-0.25, -0.2) is 4.79 Å². The average molecular weight is 523 g/mol. The van der Waals surface area contributed by atoms with Gasteiger partial charge in [0, 0.05) is 23.5 Å². The van der Waals surface area contributed by atoms with Crippen LogP contribution in [0.5, 0.6) is 0 Å². The van der Waals surface area contributed by atoms with Gasteiger partial charge in [0.1, 0.15) is 11.9 Å². The molecule has 0 radical (unpaired) electrons. The molecule has 11 nitrogen and oxygen atoms in total. The fourth-order valence-corrected chi connectivity index (χ4v) is 3.67. The number of aliphatic imine (C=N–C) groups is 1.